The SMILES string of the molecule is CC(C1CC1)N(Cc1ccccc1)C(=O)CN1CCCNCC1. The van der Waals surface area contributed by atoms with Gasteiger partial charge in [-0.2, -0.15) is 0 Å². The van der Waals surface area contributed by atoms with Crippen molar-refractivity contribution in [3.8, 4) is 0 Å². The van der Waals surface area contributed by atoms with Crippen molar-refractivity contribution in [2.75, 3.05) is 32.7 Å². The second-order valence-corrected chi connectivity index (χ2v) is 6.96. The van der Waals surface area contributed by atoms with Gasteiger partial charge in [-0.15, -0.1) is 0 Å². The molecule has 1 N–H and O–H groups in total. The highest BCUT2D eigenvalue weighted by molar-refractivity contribution is 5.78. The molecule has 2 aliphatic rings. The average Bonchev–Trinajstić information content (AvgIpc) is 3.40. The molecule has 1 aliphatic carbocycles. The average molecular weight is 315 g/mol. The van der Waals surface area contributed by atoms with Crippen LogP contribution in [-0.4, -0.2) is 54.5 Å². The van der Waals surface area contributed by atoms with Crippen molar-refractivity contribution in [3.63, 3.8) is 0 Å². The minimum absolute atomic E-state index is 0.287. The molecule has 0 radical (unpaired) electrons. The largest absolute Gasteiger partial charge is 0.334 e. The highest BCUT2D eigenvalue weighted by Gasteiger charge is 2.34. The molecule has 1 heterocycles. The van der Waals surface area contributed by atoms with Gasteiger partial charge in [0.2, 0.25) is 5.91 Å². The van der Waals surface area contributed by atoms with Crippen LogP contribution >= 0.6 is 0 Å². The van der Waals surface area contributed by atoms with Gasteiger partial charge in [0.1, 0.15) is 0 Å². The van der Waals surface area contributed by atoms with Crippen LogP contribution < -0.4 is 5.32 Å². The summed E-state index contributed by atoms with van der Waals surface area (Å²) in [6.45, 7) is 7.58. The number of rotatable bonds is 6. The number of nitrogens with one attached hydrogen (secondary N) is 1. The standard InChI is InChI=1S/C19H29N3O/c1-16(18-8-9-18)22(14-17-6-3-2-4-7-17)19(23)15-21-12-5-10-20-11-13-21/h2-4,6-7,16,18,20H,5,8-15H2,1H3. The highest BCUT2D eigenvalue weighted by atomic mass is 16.2. The molecule has 1 saturated carbocycles. The topological polar surface area (TPSA) is 35.6 Å². The molecule has 1 amide bonds. The van der Waals surface area contributed by atoms with E-state index in [1.165, 1.54) is 18.4 Å². The zero-order chi connectivity index (χ0) is 16.1. The van der Waals surface area contributed by atoms with E-state index in [2.05, 4.69) is 46.3 Å². The maximum Gasteiger partial charge on any atom is 0.237 e. The van der Waals surface area contributed by atoms with Crippen LogP contribution in [0.2, 0.25) is 0 Å². The summed E-state index contributed by atoms with van der Waals surface area (Å²) >= 11 is 0. The lowest BCUT2D eigenvalue weighted by atomic mass is 10.1. The molecule has 1 saturated heterocycles. The third-order valence-corrected chi connectivity index (χ3v) is 5.10. The number of nitrogens with zero attached hydrogens (tertiary/aromatic N) is 2. The molecular weight excluding hydrogens is 286 g/mol. The number of carbonyl (C=O) groups excluding carboxylic acids is 1. The van der Waals surface area contributed by atoms with E-state index in [4.69, 9.17) is 0 Å². The van der Waals surface area contributed by atoms with E-state index in [1.807, 2.05) is 6.07 Å². The highest BCUT2D eigenvalue weighted by Crippen LogP contribution is 2.35. The fraction of sp³-hybridized carbons (Fsp3) is 0.632. The van der Waals surface area contributed by atoms with Gasteiger partial charge < -0.3 is 10.2 Å². The Morgan fingerprint density at radius 2 is 2.04 bits per heavy atom. The van der Waals surface area contributed by atoms with Crippen molar-refractivity contribution < 1.29 is 4.79 Å². The first-order valence-corrected chi connectivity index (χ1v) is 9.00. The fourth-order valence-electron chi connectivity index (χ4n) is 3.41. The Balaban J connectivity index is 1.65. The first-order chi connectivity index (χ1) is 11.2. The Morgan fingerprint density at radius 1 is 1.26 bits per heavy atom. The Bertz CT molecular complexity index is 493. The number of benzene rings is 1. The van der Waals surface area contributed by atoms with Crippen LogP contribution in [0.15, 0.2) is 30.3 Å². The van der Waals surface area contributed by atoms with E-state index in [-0.39, 0.29) is 5.91 Å². The molecular formula is C19H29N3O. The summed E-state index contributed by atoms with van der Waals surface area (Å²) in [6, 6.07) is 10.7. The first kappa shape index (κ1) is 16.5. The smallest absolute Gasteiger partial charge is 0.237 e. The summed E-state index contributed by atoms with van der Waals surface area (Å²) < 4.78 is 0. The van der Waals surface area contributed by atoms with Crippen LogP contribution in [0.25, 0.3) is 0 Å². The lowest BCUT2D eigenvalue weighted by molar-refractivity contribution is -0.135. The summed E-state index contributed by atoms with van der Waals surface area (Å²) in [6.07, 6.45) is 3.67. The normalized spacial score (nSPS) is 20.7. The lowest BCUT2D eigenvalue weighted by Gasteiger charge is -2.32. The molecule has 1 aliphatic heterocycles. The van der Waals surface area contributed by atoms with Crippen LogP contribution in [0.4, 0.5) is 0 Å². The van der Waals surface area contributed by atoms with Crippen LogP contribution in [0, 0.1) is 5.92 Å². The third-order valence-electron chi connectivity index (χ3n) is 5.10. The molecule has 1 aromatic rings. The molecule has 1 unspecified atom stereocenters. The molecule has 0 spiro atoms. The molecule has 1 atom stereocenters. The van der Waals surface area contributed by atoms with Gasteiger partial charge in [-0.25, -0.2) is 0 Å². The van der Waals surface area contributed by atoms with Crippen LogP contribution in [0.3, 0.4) is 0 Å². The second-order valence-electron chi connectivity index (χ2n) is 6.96. The molecule has 4 heteroatoms. The zero-order valence-corrected chi connectivity index (χ0v) is 14.2. The number of hydrogen-bond acceptors (Lipinski definition) is 3. The Labute approximate surface area is 139 Å². The molecule has 23 heavy (non-hydrogen) atoms. The number of amides is 1. The van der Waals surface area contributed by atoms with E-state index < -0.39 is 0 Å². The van der Waals surface area contributed by atoms with Crippen LogP contribution in [0.5, 0.6) is 0 Å². The van der Waals surface area contributed by atoms with Crippen LogP contribution in [0.1, 0.15) is 31.7 Å². The molecule has 3 rings (SSSR count). The lowest BCUT2D eigenvalue weighted by Crippen LogP contribution is -2.45. The van der Waals surface area contributed by atoms with Gasteiger partial charge in [-0.3, -0.25) is 9.69 Å². The molecule has 4 nitrogen and oxygen atoms in total. The summed E-state index contributed by atoms with van der Waals surface area (Å²) in [5.74, 6) is 0.989. The predicted octanol–water partition coefficient (Wildman–Crippen LogP) is 2.11. The van der Waals surface area contributed by atoms with Crippen molar-refractivity contribution in [1.82, 2.24) is 15.1 Å². The summed E-state index contributed by atoms with van der Waals surface area (Å²) in [5, 5.41) is 3.40. The molecule has 0 bridgehead atoms. The van der Waals surface area contributed by atoms with Crippen molar-refractivity contribution in [1.29, 1.82) is 0 Å². The number of hydrogen-bond donors (Lipinski definition) is 1. The minimum atomic E-state index is 0.287. The van der Waals surface area contributed by atoms with Gasteiger partial charge in [0.15, 0.2) is 0 Å². The monoisotopic (exact) mass is 315 g/mol. The van der Waals surface area contributed by atoms with Crippen molar-refractivity contribution in [3.05, 3.63) is 35.9 Å². The van der Waals surface area contributed by atoms with Crippen molar-refractivity contribution in [2.45, 2.75) is 38.8 Å². The van der Waals surface area contributed by atoms with Gasteiger partial charge in [0.05, 0.1) is 6.54 Å². The van der Waals surface area contributed by atoms with E-state index >= 15 is 0 Å². The molecule has 1 aromatic carbocycles. The summed E-state index contributed by atoms with van der Waals surface area (Å²) in [7, 11) is 0. The maximum atomic E-state index is 13.0. The van der Waals surface area contributed by atoms with E-state index in [9.17, 15) is 4.79 Å². The maximum absolute atomic E-state index is 13.0. The molecule has 0 aromatic heterocycles. The van der Waals surface area contributed by atoms with Crippen molar-refractivity contribution in [2.24, 2.45) is 5.92 Å². The Kier molecular flexibility index (Phi) is 5.68. The molecule has 2 fully saturated rings. The predicted molar refractivity (Wildman–Crippen MR) is 93.1 cm³/mol. The zero-order valence-electron chi connectivity index (χ0n) is 14.2. The van der Waals surface area contributed by atoms with E-state index in [0.29, 0.717) is 18.5 Å². The van der Waals surface area contributed by atoms with Gasteiger partial charge in [0, 0.05) is 25.7 Å². The first-order valence-electron chi connectivity index (χ1n) is 9.00. The van der Waals surface area contributed by atoms with E-state index in [0.717, 1.165) is 39.1 Å². The Morgan fingerprint density at radius 3 is 2.78 bits per heavy atom. The van der Waals surface area contributed by atoms with Gasteiger partial charge in [-0.05, 0) is 50.8 Å². The summed E-state index contributed by atoms with van der Waals surface area (Å²) in [5.41, 5.74) is 1.23. The quantitative estimate of drug-likeness (QED) is 0.873. The van der Waals surface area contributed by atoms with E-state index in [1.54, 1.807) is 0 Å². The van der Waals surface area contributed by atoms with Crippen LogP contribution in [-0.2, 0) is 11.3 Å². The fourth-order valence-corrected chi connectivity index (χ4v) is 3.41. The molecule has 126 valence electrons. The third kappa shape index (κ3) is 4.79. The Hall–Kier alpha value is -1.39. The summed E-state index contributed by atoms with van der Waals surface area (Å²) in [4.78, 5) is 17.4. The van der Waals surface area contributed by atoms with Gasteiger partial charge in [0.25, 0.3) is 0 Å². The second kappa shape index (κ2) is 7.93. The van der Waals surface area contributed by atoms with Gasteiger partial charge >= 0.3 is 0 Å². The number of carbonyl (C=O) groups is 1. The van der Waals surface area contributed by atoms with Crippen molar-refractivity contribution >= 4 is 5.91 Å². The van der Waals surface area contributed by atoms with Gasteiger partial charge in [-0.1, -0.05) is 30.3 Å². The minimum Gasteiger partial charge on any atom is -0.334 e.